The summed E-state index contributed by atoms with van der Waals surface area (Å²) in [6.45, 7) is 10.1. The topological polar surface area (TPSA) is 82.1 Å². The minimum Gasteiger partial charge on any atom is -0.462 e. The first kappa shape index (κ1) is 22.3. The summed E-state index contributed by atoms with van der Waals surface area (Å²) in [5.74, 6) is -0.628. The van der Waals surface area contributed by atoms with Gasteiger partial charge in [-0.15, -0.1) is 0 Å². The first-order valence-corrected chi connectivity index (χ1v) is 10.8. The van der Waals surface area contributed by atoms with Crippen molar-refractivity contribution in [1.29, 1.82) is 0 Å². The maximum absolute atomic E-state index is 12.1. The van der Waals surface area contributed by atoms with Crippen molar-refractivity contribution in [2.24, 2.45) is 22.7 Å². The van der Waals surface area contributed by atoms with Crippen LogP contribution >= 0.6 is 0 Å². The lowest BCUT2D eigenvalue weighted by Gasteiger charge is -2.64. The molecule has 0 bridgehead atoms. The van der Waals surface area contributed by atoms with Crippen molar-refractivity contribution in [3.8, 4) is 0 Å². The number of methoxy groups -OCH3 is 1. The predicted molar refractivity (Wildman–Crippen MR) is 108 cm³/mol. The van der Waals surface area contributed by atoms with Gasteiger partial charge >= 0.3 is 11.9 Å². The summed E-state index contributed by atoms with van der Waals surface area (Å²) >= 11 is 0. The third-order valence-electron chi connectivity index (χ3n) is 7.96. The van der Waals surface area contributed by atoms with Crippen molar-refractivity contribution in [2.75, 3.05) is 7.11 Å². The van der Waals surface area contributed by atoms with Crippen LogP contribution in [0.15, 0.2) is 11.6 Å². The lowest BCUT2D eigenvalue weighted by molar-refractivity contribution is -0.249. The zero-order valence-corrected chi connectivity index (χ0v) is 18.6. The van der Waals surface area contributed by atoms with E-state index >= 15 is 0 Å². The number of hydrogen-bond acceptors (Lipinski definition) is 6. The molecular weight excluding hydrogens is 372 g/mol. The van der Waals surface area contributed by atoms with E-state index in [2.05, 4.69) is 20.8 Å². The molecule has 2 fully saturated rings. The number of carbonyl (C=O) groups excluding carboxylic acids is 2. The summed E-state index contributed by atoms with van der Waals surface area (Å²) in [5.41, 5.74) is -0.850. The van der Waals surface area contributed by atoms with E-state index < -0.39 is 17.3 Å². The maximum Gasteiger partial charge on any atom is 0.336 e. The van der Waals surface area contributed by atoms with Gasteiger partial charge in [0.2, 0.25) is 6.29 Å². The summed E-state index contributed by atoms with van der Waals surface area (Å²) in [6.07, 6.45) is 5.36. The van der Waals surface area contributed by atoms with Gasteiger partial charge in [-0.2, -0.15) is 0 Å². The Balaban J connectivity index is 1.91. The second-order valence-electron chi connectivity index (χ2n) is 10.1. The molecular formula is C23H36O6. The summed E-state index contributed by atoms with van der Waals surface area (Å²) in [7, 11) is 1.50. The fourth-order valence-electron chi connectivity index (χ4n) is 6.66. The van der Waals surface area contributed by atoms with E-state index in [0.29, 0.717) is 24.8 Å². The highest BCUT2D eigenvalue weighted by Crippen LogP contribution is 2.64. The molecule has 0 spiro atoms. The summed E-state index contributed by atoms with van der Waals surface area (Å²) in [4.78, 5) is 23.9. The molecule has 6 atom stereocenters. The fraction of sp³-hybridized carbons (Fsp3) is 0.826. The first-order valence-electron chi connectivity index (χ1n) is 10.8. The van der Waals surface area contributed by atoms with Gasteiger partial charge in [-0.25, -0.2) is 4.79 Å². The Hall–Kier alpha value is -1.40. The Bertz CT molecular complexity index is 697. The van der Waals surface area contributed by atoms with Crippen LogP contribution in [0.3, 0.4) is 0 Å². The van der Waals surface area contributed by atoms with Gasteiger partial charge in [0.15, 0.2) is 0 Å². The van der Waals surface area contributed by atoms with E-state index in [1.807, 2.05) is 6.92 Å². The zero-order valence-electron chi connectivity index (χ0n) is 18.6. The van der Waals surface area contributed by atoms with E-state index in [0.717, 1.165) is 19.3 Å². The maximum atomic E-state index is 12.1. The van der Waals surface area contributed by atoms with Crippen LogP contribution in [0.1, 0.15) is 73.1 Å². The molecule has 29 heavy (non-hydrogen) atoms. The van der Waals surface area contributed by atoms with Crippen molar-refractivity contribution >= 4 is 11.9 Å². The van der Waals surface area contributed by atoms with E-state index in [1.165, 1.54) is 14.0 Å². The van der Waals surface area contributed by atoms with Gasteiger partial charge < -0.3 is 19.3 Å². The Morgan fingerprint density at radius 1 is 1.31 bits per heavy atom. The number of aliphatic hydroxyl groups is 1. The molecule has 2 saturated carbocycles. The molecule has 0 aromatic rings. The summed E-state index contributed by atoms with van der Waals surface area (Å²) in [5, 5.41) is 12.1. The predicted octanol–water partition coefficient (Wildman–Crippen LogP) is 3.76. The number of rotatable bonds is 5. The Morgan fingerprint density at radius 2 is 2.00 bits per heavy atom. The van der Waals surface area contributed by atoms with Gasteiger partial charge in [0.25, 0.3) is 0 Å². The highest BCUT2D eigenvalue weighted by Gasteiger charge is 2.65. The Kier molecular flexibility index (Phi) is 5.91. The van der Waals surface area contributed by atoms with E-state index in [1.54, 1.807) is 6.08 Å². The Morgan fingerprint density at radius 3 is 2.59 bits per heavy atom. The molecule has 6 unspecified atom stereocenters. The minimum atomic E-state index is -0.960. The van der Waals surface area contributed by atoms with E-state index in [9.17, 15) is 14.7 Å². The number of cyclic esters (lactones) is 1. The molecule has 1 N–H and O–H groups in total. The molecule has 6 heteroatoms. The van der Waals surface area contributed by atoms with Crippen LogP contribution in [-0.2, 0) is 23.8 Å². The third-order valence-corrected chi connectivity index (χ3v) is 7.96. The normalized spacial score (nSPS) is 41.3. The van der Waals surface area contributed by atoms with Crippen LogP contribution in [0.25, 0.3) is 0 Å². The van der Waals surface area contributed by atoms with Gasteiger partial charge in [0, 0.05) is 30.9 Å². The van der Waals surface area contributed by atoms with Gasteiger partial charge in [-0.05, 0) is 49.5 Å². The average molecular weight is 409 g/mol. The van der Waals surface area contributed by atoms with Crippen molar-refractivity contribution in [3.63, 3.8) is 0 Å². The first-order chi connectivity index (χ1) is 13.4. The van der Waals surface area contributed by atoms with Crippen molar-refractivity contribution in [1.82, 2.24) is 0 Å². The van der Waals surface area contributed by atoms with Crippen molar-refractivity contribution in [2.45, 2.75) is 91.1 Å². The summed E-state index contributed by atoms with van der Waals surface area (Å²) < 4.78 is 16.1. The standard InChI is InChI=1S/C23H36O6/c1-14-12-17(28-15(2)24)19-21(3,4)9-7-10-22(19,5)23(14,26)11-8-16-13-18(27-6)29-20(16)25/h13-14,17-19,26H,7-12H2,1-6H3. The number of fused-ring (bicyclic) bond motifs is 1. The molecule has 0 saturated heterocycles. The van der Waals surface area contributed by atoms with Crippen LogP contribution in [0, 0.1) is 22.7 Å². The van der Waals surface area contributed by atoms with Gasteiger partial charge in [0.1, 0.15) is 6.10 Å². The largest absolute Gasteiger partial charge is 0.462 e. The van der Waals surface area contributed by atoms with Gasteiger partial charge in [-0.3, -0.25) is 4.79 Å². The highest BCUT2D eigenvalue weighted by molar-refractivity contribution is 5.90. The number of carbonyl (C=O) groups is 2. The summed E-state index contributed by atoms with van der Waals surface area (Å²) in [6, 6.07) is 0. The molecule has 1 aliphatic heterocycles. The zero-order chi connectivity index (χ0) is 21.6. The molecule has 1 heterocycles. The number of hydrogen-bond donors (Lipinski definition) is 1. The average Bonchev–Trinajstić information content (AvgIpc) is 2.97. The smallest absolute Gasteiger partial charge is 0.336 e. The monoisotopic (exact) mass is 408 g/mol. The number of esters is 2. The molecule has 164 valence electrons. The van der Waals surface area contributed by atoms with Crippen LogP contribution in [0.2, 0.25) is 0 Å². The molecule has 0 aromatic heterocycles. The molecule has 6 nitrogen and oxygen atoms in total. The van der Waals surface area contributed by atoms with Gasteiger partial charge in [-0.1, -0.05) is 34.1 Å². The minimum absolute atomic E-state index is 0.0477. The van der Waals surface area contributed by atoms with E-state index in [4.69, 9.17) is 14.2 Å². The second-order valence-corrected chi connectivity index (χ2v) is 10.1. The van der Waals surface area contributed by atoms with Crippen LogP contribution < -0.4 is 0 Å². The molecule has 0 aromatic carbocycles. The molecule has 3 aliphatic rings. The highest BCUT2D eigenvalue weighted by atomic mass is 16.7. The number of ether oxygens (including phenoxy) is 3. The van der Waals surface area contributed by atoms with Crippen molar-refractivity contribution < 1.29 is 28.9 Å². The molecule has 2 aliphatic carbocycles. The van der Waals surface area contributed by atoms with Crippen LogP contribution in [-0.4, -0.2) is 42.1 Å². The SMILES string of the molecule is COC1C=C(CCC2(O)C(C)CC(OC(C)=O)C3C(C)(C)CCCC32C)C(=O)O1. The van der Waals surface area contributed by atoms with Crippen LogP contribution in [0.5, 0.6) is 0 Å². The molecule has 0 amide bonds. The quantitative estimate of drug-likeness (QED) is 0.698. The third kappa shape index (κ3) is 3.74. The second kappa shape index (κ2) is 7.69. The van der Waals surface area contributed by atoms with Crippen molar-refractivity contribution in [3.05, 3.63) is 11.6 Å². The fourth-order valence-corrected chi connectivity index (χ4v) is 6.66. The van der Waals surface area contributed by atoms with E-state index in [-0.39, 0.29) is 35.3 Å². The van der Waals surface area contributed by atoms with Gasteiger partial charge in [0.05, 0.1) is 5.60 Å². The van der Waals surface area contributed by atoms with Crippen LogP contribution in [0.4, 0.5) is 0 Å². The molecule has 0 radical (unpaired) electrons. The lowest BCUT2D eigenvalue weighted by atomic mass is 9.43. The Labute approximate surface area is 174 Å². The lowest BCUT2D eigenvalue weighted by Crippen LogP contribution is -2.66. The molecule has 3 rings (SSSR count).